The number of hydrogen-bond acceptors (Lipinski definition) is 4. The summed E-state index contributed by atoms with van der Waals surface area (Å²) in [5, 5.41) is 6.86. The molecule has 104 valence electrons. The molecule has 0 bridgehead atoms. The Morgan fingerprint density at radius 1 is 1.42 bits per heavy atom. The monoisotopic (exact) mass is 278 g/mol. The Bertz CT molecular complexity index is 515. The number of imidazole rings is 1. The van der Waals surface area contributed by atoms with E-state index >= 15 is 0 Å². The van der Waals surface area contributed by atoms with Crippen LogP contribution in [0.2, 0.25) is 0 Å². The van der Waals surface area contributed by atoms with E-state index in [0.29, 0.717) is 5.92 Å². The molecule has 0 saturated heterocycles. The molecule has 2 heterocycles. The van der Waals surface area contributed by atoms with E-state index < -0.39 is 0 Å². The fraction of sp³-hybridized carbons (Fsp3) is 0.571. The predicted molar refractivity (Wildman–Crippen MR) is 79.5 cm³/mol. The summed E-state index contributed by atoms with van der Waals surface area (Å²) >= 11 is 1.73. The second-order valence-corrected chi connectivity index (χ2v) is 5.97. The van der Waals surface area contributed by atoms with Crippen LogP contribution in [0, 0.1) is 0 Å². The van der Waals surface area contributed by atoms with E-state index in [1.54, 1.807) is 11.3 Å². The lowest BCUT2D eigenvalue weighted by molar-refractivity contribution is 0.565. The molecule has 0 radical (unpaired) electrons. The van der Waals surface area contributed by atoms with Gasteiger partial charge in [0.1, 0.15) is 11.0 Å². The average molecular weight is 278 g/mol. The van der Waals surface area contributed by atoms with Gasteiger partial charge in [-0.05, 0) is 18.9 Å². The van der Waals surface area contributed by atoms with Crippen molar-refractivity contribution in [2.45, 2.75) is 39.2 Å². The maximum Gasteiger partial charge on any atom is 0.116 e. The van der Waals surface area contributed by atoms with Gasteiger partial charge in [-0.2, -0.15) is 0 Å². The summed E-state index contributed by atoms with van der Waals surface area (Å²) in [6.07, 6.45) is 4.87. The van der Waals surface area contributed by atoms with E-state index in [4.69, 9.17) is 4.98 Å². The van der Waals surface area contributed by atoms with Crippen LogP contribution >= 0.6 is 11.3 Å². The van der Waals surface area contributed by atoms with Gasteiger partial charge in [-0.25, -0.2) is 9.97 Å². The fourth-order valence-electron chi connectivity index (χ4n) is 1.95. The van der Waals surface area contributed by atoms with Gasteiger partial charge in [-0.15, -0.1) is 11.3 Å². The lowest BCUT2D eigenvalue weighted by atomic mass is 10.1. The minimum absolute atomic E-state index is 0.143. The molecule has 0 amide bonds. The predicted octanol–water partition coefficient (Wildman–Crippen LogP) is 3.09. The average Bonchev–Trinajstić information content (AvgIpc) is 3.00. The molecule has 2 aromatic heterocycles. The largest absolute Gasteiger partial charge is 0.336 e. The van der Waals surface area contributed by atoms with Crippen molar-refractivity contribution in [1.82, 2.24) is 19.9 Å². The van der Waals surface area contributed by atoms with Crippen molar-refractivity contribution in [3.05, 3.63) is 34.3 Å². The van der Waals surface area contributed by atoms with E-state index in [0.717, 1.165) is 23.7 Å². The van der Waals surface area contributed by atoms with Crippen LogP contribution in [0.3, 0.4) is 0 Å². The molecule has 19 heavy (non-hydrogen) atoms. The van der Waals surface area contributed by atoms with Crippen LogP contribution in [0.25, 0.3) is 0 Å². The molecule has 0 aliphatic carbocycles. The van der Waals surface area contributed by atoms with Crippen LogP contribution in [0.5, 0.6) is 0 Å². The van der Waals surface area contributed by atoms with Crippen LogP contribution < -0.4 is 5.32 Å². The second kappa shape index (κ2) is 6.30. The number of hydrogen-bond donors (Lipinski definition) is 1. The quantitative estimate of drug-likeness (QED) is 0.883. The fourth-order valence-corrected chi connectivity index (χ4v) is 3.02. The van der Waals surface area contributed by atoms with Gasteiger partial charge in [0.05, 0.1) is 23.9 Å². The highest BCUT2D eigenvalue weighted by Gasteiger charge is 2.20. The van der Waals surface area contributed by atoms with Crippen molar-refractivity contribution in [2.75, 3.05) is 6.54 Å². The molecular formula is C14H22N4S. The van der Waals surface area contributed by atoms with Crippen molar-refractivity contribution >= 4 is 11.3 Å². The molecule has 2 aromatic rings. The van der Waals surface area contributed by atoms with E-state index in [1.807, 2.05) is 19.6 Å². The summed E-state index contributed by atoms with van der Waals surface area (Å²) in [4.78, 5) is 8.99. The maximum absolute atomic E-state index is 4.77. The molecule has 2 rings (SSSR count). The van der Waals surface area contributed by atoms with Crippen LogP contribution in [0.4, 0.5) is 0 Å². The van der Waals surface area contributed by atoms with Gasteiger partial charge >= 0.3 is 0 Å². The van der Waals surface area contributed by atoms with Crippen LogP contribution in [0.1, 0.15) is 55.5 Å². The third kappa shape index (κ3) is 3.22. The molecular weight excluding hydrogens is 256 g/mol. The highest BCUT2D eigenvalue weighted by molar-refractivity contribution is 7.09. The topological polar surface area (TPSA) is 42.7 Å². The lowest BCUT2D eigenvalue weighted by Crippen LogP contribution is -2.25. The normalized spacial score (nSPS) is 13.1. The van der Waals surface area contributed by atoms with Crippen molar-refractivity contribution < 1.29 is 0 Å². The van der Waals surface area contributed by atoms with E-state index in [1.165, 1.54) is 5.69 Å². The molecule has 0 saturated carbocycles. The van der Waals surface area contributed by atoms with E-state index in [-0.39, 0.29) is 6.04 Å². The van der Waals surface area contributed by atoms with Gasteiger partial charge in [-0.3, -0.25) is 0 Å². The minimum Gasteiger partial charge on any atom is -0.336 e. The molecule has 1 N–H and O–H groups in total. The van der Waals surface area contributed by atoms with Gasteiger partial charge in [0.15, 0.2) is 0 Å². The molecule has 4 nitrogen and oxygen atoms in total. The van der Waals surface area contributed by atoms with E-state index in [2.05, 4.69) is 41.0 Å². The summed E-state index contributed by atoms with van der Waals surface area (Å²) in [7, 11) is 2.03. The number of aryl methyl sites for hydroxylation is 1. The third-order valence-corrected chi connectivity index (χ3v) is 4.05. The van der Waals surface area contributed by atoms with Crippen LogP contribution in [-0.4, -0.2) is 21.1 Å². The molecule has 0 fully saturated rings. The summed E-state index contributed by atoms with van der Waals surface area (Å²) in [5.74, 6) is 0.475. The van der Waals surface area contributed by atoms with Crippen LogP contribution in [0.15, 0.2) is 17.9 Å². The van der Waals surface area contributed by atoms with Gasteiger partial charge in [0, 0.05) is 12.4 Å². The van der Waals surface area contributed by atoms with E-state index in [9.17, 15) is 0 Å². The summed E-state index contributed by atoms with van der Waals surface area (Å²) in [6, 6.07) is 0.143. The highest BCUT2D eigenvalue weighted by atomic mass is 32.1. The zero-order valence-corrected chi connectivity index (χ0v) is 12.9. The summed E-state index contributed by atoms with van der Waals surface area (Å²) < 4.78 is 2.06. The molecule has 0 spiro atoms. The zero-order valence-electron chi connectivity index (χ0n) is 12.1. The number of nitrogens with one attached hydrogen (secondary N) is 1. The second-order valence-electron chi connectivity index (χ2n) is 5.08. The Labute approximate surface area is 118 Å². The number of rotatable bonds is 6. The molecule has 5 heteroatoms. The van der Waals surface area contributed by atoms with Gasteiger partial charge in [0.2, 0.25) is 0 Å². The Hall–Kier alpha value is -1.20. The molecule has 0 aliphatic rings. The summed E-state index contributed by atoms with van der Waals surface area (Å²) in [6.45, 7) is 7.51. The first-order chi connectivity index (χ1) is 9.13. The highest BCUT2D eigenvalue weighted by Crippen LogP contribution is 2.27. The van der Waals surface area contributed by atoms with Gasteiger partial charge in [0.25, 0.3) is 0 Å². The van der Waals surface area contributed by atoms with Crippen molar-refractivity contribution in [1.29, 1.82) is 0 Å². The SMILES string of the molecule is CCCNC(c1nc(C(C)C)cs1)c1cncn1C. The van der Waals surface area contributed by atoms with Gasteiger partial charge < -0.3 is 9.88 Å². The Morgan fingerprint density at radius 3 is 2.74 bits per heavy atom. The molecule has 0 aliphatic heterocycles. The molecule has 1 unspecified atom stereocenters. The minimum atomic E-state index is 0.143. The zero-order chi connectivity index (χ0) is 13.8. The number of nitrogens with zero attached hydrogens (tertiary/aromatic N) is 3. The Morgan fingerprint density at radius 2 is 2.21 bits per heavy atom. The molecule has 0 aromatic carbocycles. The first kappa shape index (κ1) is 14.2. The van der Waals surface area contributed by atoms with Crippen molar-refractivity contribution in [2.24, 2.45) is 7.05 Å². The molecule has 1 atom stereocenters. The van der Waals surface area contributed by atoms with Gasteiger partial charge in [-0.1, -0.05) is 20.8 Å². The standard InChI is InChI=1S/C14H22N4S/c1-5-6-16-13(12-7-15-9-18(12)4)14-17-11(8-19-14)10(2)3/h7-10,13,16H,5-6H2,1-4H3. The number of aromatic nitrogens is 3. The Kier molecular flexibility index (Phi) is 4.71. The first-order valence-corrected chi connectivity index (χ1v) is 7.66. The third-order valence-electron chi connectivity index (χ3n) is 3.13. The van der Waals surface area contributed by atoms with Crippen LogP contribution in [-0.2, 0) is 7.05 Å². The number of thiazole rings is 1. The first-order valence-electron chi connectivity index (χ1n) is 6.78. The van der Waals surface area contributed by atoms with Crippen molar-refractivity contribution in [3.63, 3.8) is 0 Å². The Balaban J connectivity index is 2.29. The maximum atomic E-state index is 4.77. The lowest BCUT2D eigenvalue weighted by Gasteiger charge is -2.16. The summed E-state index contributed by atoms with van der Waals surface area (Å²) in [5.41, 5.74) is 2.34. The van der Waals surface area contributed by atoms with Crippen molar-refractivity contribution in [3.8, 4) is 0 Å². The smallest absolute Gasteiger partial charge is 0.116 e.